The highest BCUT2D eigenvalue weighted by Crippen LogP contribution is 2.29. The highest BCUT2D eigenvalue weighted by atomic mass is 32.2. The van der Waals surface area contributed by atoms with Crippen molar-refractivity contribution in [1.82, 2.24) is 14.1 Å². The van der Waals surface area contributed by atoms with Crippen molar-refractivity contribution in [1.29, 1.82) is 0 Å². The summed E-state index contributed by atoms with van der Waals surface area (Å²) >= 11 is 1.01. The van der Waals surface area contributed by atoms with Crippen molar-refractivity contribution in [3.63, 3.8) is 0 Å². The maximum absolute atomic E-state index is 13.0. The molecule has 3 aromatic rings. The minimum atomic E-state index is -3.76. The van der Waals surface area contributed by atoms with E-state index in [1.807, 2.05) is 18.2 Å². The molecule has 0 unspecified atom stereocenters. The SMILES string of the molecule is C[C@@H](CC1CCCC1)NCc1ccccc1NS(=O)(=O)c1cccc2nsnc12. The van der Waals surface area contributed by atoms with Gasteiger partial charge >= 0.3 is 0 Å². The van der Waals surface area contributed by atoms with E-state index in [1.54, 1.807) is 24.3 Å². The topological polar surface area (TPSA) is 84.0 Å². The Morgan fingerprint density at radius 2 is 1.90 bits per heavy atom. The predicted octanol–water partition coefficient (Wildman–Crippen LogP) is 4.55. The Balaban J connectivity index is 1.48. The Morgan fingerprint density at radius 3 is 2.72 bits per heavy atom. The first kappa shape index (κ1) is 20.3. The van der Waals surface area contributed by atoms with E-state index in [1.165, 1.54) is 32.1 Å². The van der Waals surface area contributed by atoms with Crippen molar-refractivity contribution in [3.8, 4) is 0 Å². The molecule has 0 radical (unpaired) electrons. The molecule has 6 nitrogen and oxygen atoms in total. The molecule has 1 atom stereocenters. The zero-order valence-electron chi connectivity index (χ0n) is 16.5. The van der Waals surface area contributed by atoms with Crippen molar-refractivity contribution in [2.24, 2.45) is 5.92 Å². The minimum absolute atomic E-state index is 0.154. The molecule has 154 valence electrons. The largest absolute Gasteiger partial charge is 0.310 e. The number of nitrogens with one attached hydrogen (secondary N) is 2. The lowest BCUT2D eigenvalue weighted by Crippen LogP contribution is -2.28. The molecule has 8 heteroatoms. The number of aromatic nitrogens is 2. The smallest absolute Gasteiger partial charge is 0.264 e. The van der Waals surface area contributed by atoms with Crippen molar-refractivity contribution >= 4 is 38.5 Å². The average molecular weight is 431 g/mol. The van der Waals surface area contributed by atoms with E-state index >= 15 is 0 Å². The van der Waals surface area contributed by atoms with Crippen LogP contribution in [0.2, 0.25) is 0 Å². The molecule has 4 rings (SSSR count). The van der Waals surface area contributed by atoms with E-state index in [2.05, 4.69) is 25.7 Å². The number of nitrogens with zero attached hydrogens (tertiary/aromatic N) is 2. The number of para-hydroxylation sites is 1. The summed E-state index contributed by atoms with van der Waals surface area (Å²) in [4.78, 5) is 0.154. The molecule has 1 aromatic heterocycles. The lowest BCUT2D eigenvalue weighted by atomic mass is 9.99. The summed E-state index contributed by atoms with van der Waals surface area (Å²) in [5.41, 5.74) is 2.52. The Hall–Kier alpha value is -2.03. The van der Waals surface area contributed by atoms with Crippen LogP contribution in [0.3, 0.4) is 0 Å². The standard InChI is InChI=1S/C21H26N4O2S2/c1-15(13-16-7-2-3-8-16)22-14-17-9-4-5-10-18(17)25-29(26,27)20-12-6-11-19-21(20)24-28-23-19/h4-6,9-12,15-16,22,25H,2-3,7-8,13-14H2,1H3/t15-/m0/s1. The fourth-order valence-corrected chi connectivity index (χ4v) is 5.95. The minimum Gasteiger partial charge on any atom is -0.310 e. The van der Waals surface area contributed by atoms with Gasteiger partial charge in [-0.15, -0.1) is 0 Å². The molecular formula is C21H26N4O2S2. The molecule has 0 amide bonds. The second-order valence-electron chi connectivity index (χ2n) is 7.82. The van der Waals surface area contributed by atoms with E-state index in [4.69, 9.17) is 0 Å². The van der Waals surface area contributed by atoms with E-state index in [-0.39, 0.29) is 4.90 Å². The number of hydrogen-bond acceptors (Lipinski definition) is 6. The maximum Gasteiger partial charge on any atom is 0.264 e. The van der Waals surface area contributed by atoms with Crippen LogP contribution in [0, 0.1) is 5.92 Å². The van der Waals surface area contributed by atoms with Gasteiger partial charge in [0.05, 0.1) is 17.4 Å². The molecule has 1 aliphatic rings. The van der Waals surface area contributed by atoms with Crippen molar-refractivity contribution < 1.29 is 8.42 Å². The van der Waals surface area contributed by atoms with Gasteiger partial charge in [0.2, 0.25) is 0 Å². The molecule has 0 aliphatic heterocycles. The molecule has 1 heterocycles. The molecule has 0 saturated heterocycles. The zero-order valence-corrected chi connectivity index (χ0v) is 18.1. The number of rotatable bonds is 8. The van der Waals surface area contributed by atoms with Crippen LogP contribution in [-0.4, -0.2) is 23.2 Å². The quantitative estimate of drug-likeness (QED) is 0.548. The Bertz CT molecular complexity index is 1070. The van der Waals surface area contributed by atoms with E-state index in [0.29, 0.717) is 29.3 Å². The van der Waals surface area contributed by atoms with Gasteiger partial charge < -0.3 is 5.32 Å². The Kier molecular flexibility index (Phi) is 6.12. The molecular weight excluding hydrogens is 404 g/mol. The van der Waals surface area contributed by atoms with Crippen LogP contribution in [0.15, 0.2) is 47.4 Å². The first-order chi connectivity index (χ1) is 14.0. The highest BCUT2D eigenvalue weighted by Gasteiger charge is 2.21. The number of sulfonamides is 1. The molecule has 1 fully saturated rings. The van der Waals surface area contributed by atoms with Crippen LogP contribution < -0.4 is 10.0 Å². The van der Waals surface area contributed by atoms with Crippen LogP contribution >= 0.6 is 11.7 Å². The molecule has 1 saturated carbocycles. The van der Waals surface area contributed by atoms with Crippen molar-refractivity contribution in [2.75, 3.05) is 4.72 Å². The second-order valence-corrected chi connectivity index (χ2v) is 10.00. The first-order valence-electron chi connectivity index (χ1n) is 10.1. The Labute approximate surface area is 176 Å². The van der Waals surface area contributed by atoms with Gasteiger partial charge in [-0.3, -0.25) is 4.72 Å². The van der Waals surface area contributed by atoms with Crippen molar-refractivity contribution in [3.05, 3.63) is 48.0 Å². The molecule has 2 N–H and O–H groups in total. The van der Waals surface area contributed by atoms with Gasteiger partial charge in [0.15, 0.2) is 0 Å². The fourth-order valence-electron chi connectivity index (χ4n) is 4.09. The van der Waals surface area contributed by atoms with Crippen LogP contribution in [0.25, 0.3) is 11.0 Å². The van der Waals surface area contributed by atoms with E-state index in [9.17, 15) is 8.42 Å². The van der Waals surface area contributed by atoms with Gasteiger partial charge in [0, 0.05) is 12.6 Å². The maximum atomic E-state index is 13.0. The summed E-state index contributed by atoms with van der Waals surface area (Å²) in [6, 6.07) is 13.0. The predicted molar refractivity (Wildman–Crippen MR) is 118 cm³/mol. The van der Waals surface area contributed by atoms with Crippen LogP contribution in [0.4, 0.5) is 5.69 Å². The lowest BCUT2D eigenvalue weighted by Gasteiger charge is -2.19. The summed E-state index contributed by atoms with van der Waals surface area (Å²) < 4.78 is 37.1. The lowest BCUT2D eigenvalue weighted by molar-refractivity contribution is 0.404. The molecule has 0 spiro atoms. The third-order valence-electron chi connectivity index (χ3n) is 5.60. The molecule has 0 bridgehead atoms. The average Bonchev–Trinajstić information content (AvgIpc) is 3.38. The van der Waals surface area contributed by atoms with Crippen LogP contribution in [-0.2, 0) is 16.6 Å². The third kappa shape index (κ3) is 4.76. The van der Waals surface area contributed by atoms with E-state index in [0.717, 1.165) is 23.2 Å². The highest BCUT2D eigenvalue weighted by molar-refractivity contribution is 7.93. The first-order valence-corrected chi connectivity index (χ1v) is 12.3. The number of anilines is 1. The number of benzene rings is 2. The summed E-state index contributed by atoms with van der Waals surface area (Å²) in [5.74, 6) is 0.818. The normalized spacial score (nSPS) is 16.3. The monoisotopic (exact) mass is 430 g/mol. The van der Waals surface area contributed by atoms with Gasteiger partial charge in [0.1, 0.15) is 15.9 Å². The zero-order chi connectivity index (χ0) is 20.3. The number of fused-ring (bicyclic) bond motifs is 1. The third-order valence-corrected chi connectivity index (χ3v) is 7.54. The summed E-state index contributed by atoms with van der Waals surface area (Å²) in [7, 11) is -3.76. The van der Waals surface area contributed by atoms with Gasteiger partial charge in [-0.05, 0) is 43.0 Å². The summed E-state index contributed by atoms with van der Waals surface area (Å²) in [6.45, 7) is 2.83. The second kappa shape index (κ2) is 8.77. The van der Waals surface area contributed by atoms with Gasteiger partial charge in [-0.25, -0.2) is 8.42 Å². The summed E-state index contributed by atoms with van der Waals surface area (Å²) in [5, 5.41) is 3.56. The van der Waals surface area contributed by atoms with Crippen LogP contribution in [0.1, 0.15) is 44.6 Å². The number of hydrogen-bond donors (Lipinski definition) is 2. The molecule has 2 aromatic carbocycles. The molecule has 29 heavy (non-hydrogen) atoms. The van der Waals surface area contributed by atoms with E-state index < -0.39 is 10.0 Å². The van der Waals surface area contributed by atoms with Gasteiger partial charge in [-0.1, -0.05) is 49.9 Å². The van der Waals surface area contributed by atoms with Crippen molar-refractivity contribution in [2.45, 2.75) is 56.5 Å². The van der Waals surface area contributed by atoms with Crippen LogP contribution in [0.5, 0.6) is 0 Å². The fraction of sp³-hybridized carbons (Fsp3) is 0.429. The Morgan fingerprint density at radius 1 is 1.10 bits per heavy atom. The molecule has 1 aliphatic carbocycles. The van der Waals surface area contributed by atoms with Gasteiger partial charge in [0.25, 0.3) is 10.0 Å². The summed E-state index contributed by atoms with van der Waals surface area (Å²) in [6.07, 6.45) is 6.54. The van der Waals surface area contributed by atoms with Gasteiger partial charge in [-0.2, -0.15) is 8.75 Å².